The van der Waals surface area contributed by atoms with Crippen LogP contribution in [-0.2, 0) is 32.6 Å². The molecule has 10 heteroatoms. The van der Waals surface area contributed by atoms with Crippen molar-refractivity contribution in [2.45, 2.75) is 43.7 Å². The summed E-state index contributed by atoms with van der Waals surface area (Å²) in [6.07, 6.45) is 1.83. The summed E-state index contributed by atoms with van der Waals surface area (Å²) >= 11 is 0. The number of ether oxygens (including phenoxy) is 1. The molecule has 0 heterocycles. The summed E-state index contributed by atoms with van der Waals surface area (Å²) in [4.78, 5) is 29.6. The first-order valence-corrected chi connectivity index (χ1v) is 16.2. The number of sulfonamides is 1. The summed E-state index contributed by atoms with van der Waals surface area (Å²) in [5.41, 5.74) is 1.67. The van der Waals surface area contributed by atoms with Crippen molar-refractivity contribution in [3.05, 3.63) is 126 Å². The molecule has 45 heavy (non-hydrogen) atoms. The molecule has 4 aromatic carbocycles. The number of carbonyl (C=O) groups is 2. The Bertz CT molecular complexity index is 1630. The first-order valence-electron chi connectivity index (χ1n) is 14.8. The molecule has 4 rings (SSSR count). The van der Waals surface area contributed by atoms with Gasteiger partial charge in [0.05, 0.1) is 17.7 Å². The summed E-state index contributed by atoms with van der Waals surface area (Å²) in [5, 5.41) is 2.95. The molecule has 0 aromatic heterocycles. The van der Waals surface area contributed by atoms with E-state index in [0.29, 0.717) is 17.9 Å². The number of nitrogens with zero attached hydrogens (tertiary/aromatic N) is 2. The van der Waals surface area contributed by atoms with Gasteiger partial charge in [-0.2, -0.15) is 0 Å². The second-order valence-corrected chi connectivity index (χ2v) is 12.4. The lowest BCUT2D eigenvalue weighted by molar-refractivity contribution is -0.140. The first kappa shape index (κ1) is 33.2. The molecule has 0 aliphatic heterocycles. The van der Waals surface area contributed by atoms with Crippen LogP contribution in [0.1, 0.15) is 30.9 Å². The monoisotopic (exact) mass is 631 g/mol. The number of amides is 2. The zero-order chi connectivity index (χ0) is 32.2. The van der Waals surface area contributed by atoms with E-state index >= 15 is 0 Å². The van der Waals surface area contributed by atoms with Crippen molar-refractivity contribution in [2.24, 2.45) is 0 Å². The molecule has 0 bridgehead atoms. The quantitative estimate of drug-likeness (QED) is 0.173. The third-order valence-electron chi connectivity index (χ3n) is 7.34. The van der Waals surface area contributed by atoms with Crippen molar-refractivity contribution in [2.75, 3.05) is 24.5 Å². The second kappa shape index (κ2) is 15.9. The highest BCUT2D eigenvalue weighted by Crippen LogP contribution is 2.27. The summed E-state index contributed by atoms with van der Waals surface area (Å²) in [7, 11) is -2.71. The molecule has 1 atom stereocenters. The van der Waals surface area contributed by atoms with Gasteiger partial charge in [0.1, 0.15) is 24.2 Å². The molecule has 1 N–H and O–H groups in total. The Morgan fingerprint density at radius 1 is 0.844 bits per heavy atom. The Hall–Kier alpha value is -4.70. The van der Waals surface area contributed by atoms with Crippen LogP contribution in [0.25, 0.3) is 0 Å². The summed E-state index contributed by atoms with van der Waals surface area (Å²) < 4.78 is 48.1. The highest BCUT2D eigenvalue weighted by molar-refractivity contribution is 7.92. The van der Waals surface area contributed by atoms with E-state index in [1.54, 1.807) is 54.6 Å². The molecule has 236 valence electrons. The highest BCUT2D eigenvalue weighted by Gasteiger charge is 2.34. The predicted molar refractivity (Wildman–Crippen MR) is 173 cm³/mol. The zero-order valence-corrected chi connectivity index (χ0v) is 26.3. The van der Waals surface area contributed by atoms with Crippen LogP contribution in [0.5, 0.6) is 5.75 Å². The summed E-state index contributed by atoms with van der Waals surface area (Å²) in [5.74, 6) is -0.868. The van der Waals surface area contributed by atoms with Gasteiger partial charge in [0.15, 0.2) is 0 Å². The number of benzene rings is 4. The Kier molecular flexibility index (Phi) is 11.7. The van der Waals surface area contributed by atoms with E-state index in [-0.39, 0.29) is 29.5 Å². The smallest absolute Gasteiger partial charge is 0.264 e. The molecule has 0 fully saturated rings. The van der Waals surface area contributed by atoms with Gasteiger partial charge in [-0.3, -0.25) is 13.9 Å². The lowest BCUT2D eigenvalue weighted by atomic mass is 10.0. The standard InChI is InChI=1S/C35H38FN3O5S/c1-3-4-23-37-35(41)33(24-27-11-7-5-8-12-27)38(25-28-15-17-29(36)18-16-28)34(40)26-39(30-19-21-31(44-2)22-20-30)45(42,43)32-13-9-6-10-14-32/h5-22,33H,3-4,23-26H2,1-2H3,(H,37,41)/t33-/m1/s1. The number of halogens is 1. The average molecular weight is 632 g/mol. The molecule has 0 saturated carbocycles. The van der Waals surface area contributed by atoms with E-state index < -0.39 is 34.3 Å². The van der Waals surface area contributed by atoms with Crippen molar-refractivity contribution >= 4 is 27.5 Å². The maximum absolute atomic E-state index is 14.4. The second-order valence-electron chi connectivity index (χ2n) is 10.5. The maximum Gasteiger partial charge on any atom is 0.264 e. The van der Waals surface area contributed by atoms with E-state index in [1.165, 1.54) is 36.3 Å². The van der Waals surface area contributed by atoms with E-state index in [0.717, 1.165) is 22.7 Å². The number of hydrogen-bond acceptors (Lipinski definition) is 5. The van der Waals surface area contributed by atoms with Gasteiger partial charge in [-0.25, -0.2) is 12.8 Å². The number of carbonyl (C=O) groups excluding carboxylic acids is 2. The Morgan fingerprint density at radius 2 is 1.47 bits per heavy atom. The van der Waals surface area contributed by atoms with Crippen molar-refractivity contribution in [1.29, 1.82) is 0 Å². The molecule has 2 amide bonds. The van der Waals surface area contributed by atoms with Crippen molar-refractivity contribution in [3.8, 4) is 5.75 Å². The number of methoxy groups -OCH3 is 1. The number of hydrogen-bond donors (Lipinski definition) is 1. The third kappa shape index (κ3) is 8.92. The van der Waals surface area contributed by atoms with E-state index in [2.05, 4.69) is 5.32 Å². The first-order chi connectivity index (χ1) is 21.7. The lowest BCUT2D eigenvalue weighted by Gasteiger charge is -2.34. The lowest BCUT2D eigenvalue weighted by Crippen LogP contribution is -2.53. The summed E-state index contributed by atoms with van der Waals surface area (Å²) in [6, 6.07) is 28.2. The van der Waals surface area contributed by atoms with E-state index in [9.17, 15) is 22.4 Å². The third-order valence-corrected chi connectivity index (χ3v) is 9.13. The molecule has 4 aromatic rings. The number of nitrogens with one attached hydrogen (secondary N) is 1. The largest absolute Gasteiger partial charge is 0.497 e. The number of unbranched alkanes of at least 4 members (excludes halogenated alkanes) is 1. The fourth-order valence-electron chi connectivity index (χ4n) is 4.84. The fraction of sp³-hybridized carbons (Fsp3) is 0.257. The maximum atomic E-state index is 14.4. The normalized spacial score (nSPS) is 11.8. The van der Waals surface area contributed by atoms with Crippen molar-refractivity contribution in [3.63, 3.8) is 0 Å². The van der Waals surface area contributed by atoms with Crippen LogP contribution in [0, 0.1) is 5.82 Å². The van der Waals surface area contributed by atoms with Crippen LogP contribution in [-0.4, -0.2) is 51.4 Å². The SMILES string of the molecule is CCCCNC(=O)[C@@H](Cc1ccccc1)N(Cc1ccc(F)cc1)C(=O)CN(c1ccc(OC)cc1)S(=O)(=O)c1ccccc1. The minimum atomic E-state index is -4.21. The number of anilines is 1. The number of rotatable bonds is 15. The van der Waals surface area contributed by atoms with Gasteiger partial charge in [-0.15, -0.1) is 0 Å². The fourth-order valence-corrected chi connectivity index (χ4v) is 6.28. The highest BCUT2D eigenvalue weighted by atomic mass is 32.2. The predicted octanol–water partition coefficient (Wildman–Crippen LogP) is 5.59. The van der Waals surface area contributed by atoms with Gasteiger partial charge in [0, 0.05) is 19.5 Å². The van der Waals surface area contributed by atoms with Crippen LogP contribution in [0.4, 0.5) is 10.1 Å². The average Bonchev–Trinajstić information content (AvgIpc) is 3.07. The van der Waals surface area contributed by atoms with Gasteiger partial charge >= 0.3 is 0 Å². The molecule has 8 nitrogen and oxygen atoms in total. The van der Waals surface area contributed by atoms with Crippen LogP contribution in [0.3, 0.4) is 0 Å². The Balaban J connectivity index is 1.77. The molecule has 0 radical (unpaired) electrons. The Labute approximate surface area is 264 Å². The van der Waals surface area contributed by atoms with Gasteiger partial charge in [-0.1, -0.05) is 74.0 Å². The van der Waals surface area contributed by atoms with Crippen LogP contribution in [0.15, 0.2) is 114 Å². The van der Waals surface area contributed by atoms with Gasteiger partial charge in [0.25, 0.3) is 10.0 Å². The van der Waals surface area contributed by atoms with Gasteiger partial charge < -0.3 is 15.0 Å². The minimum Gasteiger partial charge on any atom is -0.497 e. The van der Waals surface area contributed by atoms with Gasteiger partial charge in [-0.05, 0) is 66.1 Å². The minimum absolute atomic E-state index is 0.0110. The Morgan fingerprint density at radius 3 is 2.07 bits per heavy atom. The zero-order valence-electron chi connectivity index (χ0n) is 25.4. The molecular weight excluding hydrogens is 593 g/mol. The molecule has 0 saturated heterocycles. The molecule has 0 aliphatic carbocycles. The molecular formula is C35H38FN3O5S. The molecule has 0 unspecified atom stereocenters. The summed E-state index contributed by atoms with van der Waals surface area (Å²) in [6.45, 7) is 1.82. The van der Waals surface area contributed by atoms with Crippen molar-refractivity contribution in [1.82, 2.24) is 10.2 Å². The van der Waals surface area contributed by atoms with E-state index in [1.807, 2.05) is 37.3 Å². The van der Waals surface area contributed by atoms with E-state index in [4.69, 9.17) is 4.74 Å². The van der Waals surface area contributed by atoms with Gasteiger partial charge in [0.2, 0.25) is 11.8 Å². The van der Waals surface area contributed by atoms with Crippen molar-refractivity contribution < 1.29 is 27.1 Å². The molecule has 0 aliphatic rings. The van der Waals surface area contributed by atoms with Crippen LogP contribution < -0.4 is 14.4 Å². The van der Waals surface area contributed by atoms with Crippen LogP contribution in [0.2, 0.25) is 0 Å². The van der Waals surface area contributed by atoms with Crippen LogP contribution >= 0.6 is 0 Å². The molecule has 0 spiro atoms. The topological polar surface area (TPSA) is 96.0 Å².